The standard InChI is InChI=1S/C15H27BrN4/c1-3-14(2)20-9-5-15(17-20)13-19-8-4-7-18(10-6-16)11-12-19/h5,9,14H,3-4,6-8,10-13H2,1-2H3. The first kappa shape index (κ1) is 16.0. The fraction of sp³-hybridized carbons (Fsp3) is 0.800. The Labute approximate surface area is 131 Å². The third-order valence-corrected chi connectivity index (χ3v) is 4.53. The monoisotopic (exact) mass is 342 g/mol. The molecule has 4 nitrogen and oxygen atoms in total. The minimum absolute atomic E-state index is 0.502. The van der Waals surface area contributed by atoms with Crippen molar-refractivity contribution in [3.63, 3.8) is 0 Å². The molecule has 1 unspecified atom stereocenters. The summed E-state index contributed by atoms with van der Waals surface area (Å²) in [5.41, 5.74) is 1.21. The molecule has 0 bridgehead atoms. The second-order valence-electron chi connectivity index (χ2n) is 5.70. The van der Waals surface area contributed by atoms with Crippen LogP contribution in [0.15, 0.2) is 12.3 Å². The van der Waals surface area contributed by atoms with Crippen LogP contribution in [0.3, 0.4) is 0 Å². The average Bonchev–Trinajstić information content (AvgIpc) is 2.80. The van der Waals surface area contributed by atoms with Crippen molar-refractivity contribution in [2.45, 2.75) is 39.3 Å². The molecular weight excluding hydrogens is 316 g/mol. The van der Waals surface area contributed by atoms with Gasteiger partial charge in [0.05, 0.1) is 5.69 Å². The van der Waals surface area contributed by atoms with E-state index in [1.807, 2.05) is 0 Å². The summed E-state index contributed by atoms with van der Waals surface area (Å²) in [5, 5.41) is 5.79. The van der Waals surface area contributed by atoms with Gasteiger partial charge in [0.2, 0.25) is 0 Å². The van der Waals surface area contributed by atoms with E-state index >= 15 is 0 Å². The molecule has 1 atom stereocenters. The molecule has 1 aromatic rings. The van der Waals surface area contributed by atoms with Gasteiger partial charge in [-0.25, -0.2) is 0 Å². The molecule has 2 rings (SSSR count). The highest BCUT2D eigenvalue weighted by molar-refractivity contribution is 9.09. The lowest BCUT2D eigenvalue weighted by molar-refractivity contribution is 0.255. The van der Waals surface area contributed by atoms with Crippen LogP contribution in [-0.2, 0) is 6.54 Å². The van der Waals surface area contributed by atoms with Gasteiger partial charge in [-0.15, -0.1) is 0 Å². The van der Waals surface area contributed by atoms with Crippen molar-refractivity contribution in [1.29, 1.82) is 0 Å². The molecule has 1 aliphatic rings. The number of nitrogens with zero attached hydrogens (tertiary/aromatic N) is 4. The van der Waals surface area contributed by atoms with E-state index in [1.54, 1.807) is 0 Å². The van der Waals surface area contributed by atoms with Gasteiger partial charge in [-0.2, -0.15) is 5.10 Å². The lowest BCUT2D eigenvalue weighted by atomic mass is 10.3. The summed E-state index contributed by atoms with van der Waals surface area (Å²) in [4.78, 5) is 5.09. The van der Waals surface area contributed by atoms with Crippen LogP contribution in [0.25, 0.3) is 0 Å². The highest BCUT2D eigenvalue weighted by atomic mass is 79.9. The van der Waals surface area contributed by atoms with Gasteiger partial charge in [0, 0.05) is 43.7 Å². The normalized spacial score (nSPS) is 19.9. The maximum absolute atomic E-state index is 4.71. The van der Waals surface area contributed by atoms with E-state index in [1.165, 1.54) is 31.7 Å². The quantitative estimate of drug-likeness (QED) is 0.743. The van der Waals surface area contributed by atoms with Crippen molar-refractivity contribution in [2.75, 3.05) is 38.1 Å². The molecule has 5 heteroatoms. The number of hydrogen-bond acceptors (Lipinski definition) is 3. The van der Waals surface area contributed by atoms with E-state index in [0.717, 1.165) is 31.4 Å². The minimum Gasteiger partial charge on any atom is -0.301 e. The highest BCUT2D eigenvalue weighted by Gasteiger charge is 2.15. The summed E-state index contributed by atoms with van der Waals surface area (Å²) in [6, 6.07) is 2.68. The second kappa shape index (κ2) is 8.15. The van der Waals surface area contributed by atoms with Gasteiger partial charge in [0.1, 0.15) is 0 Å². The Balaban J connectivity index is 1.85. The number of aromatic nitrogens is 2. The van der Waals surface area contributed by atoms with Crippen LogP contribution in [0.1, 0.15) is 38.4 Å². The van der Waals surface area contributed by atoms with E-state index in [4.69, 9.17) is 5.10 Å². The van der Waals surface area contributed by atoms with Gasteiger partial charge in [0.25, 0.3) is 0 Å². The molecule has 2 heterocycles. The Morgan fingerprint density at radius 2 is 2.00 bits per heavy atom. The second-order valence-corrected chi connectivity index (χ2v) is 6.50. The van der Waals surface area contributed by atoms with Crippen LogP contribution in [0.4, 0.5) is 0 Å². The van der Waals surface area contributed by atoms with Gasteiger partial charge >= 0.3 is 0 Å². The molecule has 0 radical (unpaired) electrons. The minimum atomic E-state index is 0.502. The van der Waals surface area contributed by atoms with Crippen molar-refractivity contribution < 1.29 is 0 Å². The molecule has 1 saturated heterocycles. The van der Waals surface area contributed by atoms with Crippen LogP contribution < -0.4 is 0 Å². The summed E-state index contributed by atoms with van der Waals surface area (Å²) in [5.74, 6) is 0. The summed E-state index contributed by atoms with van der Waals surface area (Å²) in [6.07, 6.45) is 4.52. The van der Waals surface area contributed by atoms with Gasteiger partial charge in [-0.05, 0) is 38.9 Å². The van der Waals surface area contributed by atoms with Crippen molar-refractivity contribution >= 4 is 15.9 Å². The Morgan fingerprint density at radius 1 is 1.25 bits per heavy atom. The van der Waals surface area contributed by atoms with Gasteiger partial charge in [-0.3, -0.25) is 9.58 Å². The fourth-order valence-electron chi connectivity index (χ4n) is 2.65. The molecule has 114 valence electrons. The molecular formula is C15H27BrN4. The zero-order chi connectivity index (χ0) is 14.4. The number of alkyl halides is 1. The predicted octanol–water partition coefficient (Wildman–Crippen LogP) is 2.76. The number of halogens is 1. The van der Waals surface area contributed by atoms with Crippen molar-refractivity contribution in [3.05, 3.63) is 18.0 Å². The third kappa shape index (κ3) is 4.57. The summed E-state index contributed by atoms with van der Waals surface area (Å²) in [7, 11) is 0. The lowest BCUT2D eigenvalue weighted by Gasteiger charge is -2.20. The molecule has 0 amide bonds. The van der Waals surface area contributed by atoms with Crippen LogP contribution in [0.2, 0.25) is 0 Å². The average molecular weight is 343 g/mol. The Hall–Kier alpha value is -0.390. The first-order valence-corrected chi connectivity index (χ1v) is 8.89. The largest absolute Gasteiger partial charge is 0.301 e. The molecule has 0 aromatic carbocycles. The van der Waals surface area contributed by atoms with E-state index < -0.39 is 0 Å². The third-order valence-electron chi connectivity index (χ3n) is 4.17. The van der Waals surface area contributed by atoms with Crippen LogP contribution in [-0.4, -0.2) is 57.6 Å². The maximum Gasteiger partial charge on any atom is 0.0764 e. The first-order chi connectivity index (χ1) is 9.72. The predicted molar refractivity (Wildman–Crippen MR) is 87.4 cm³/mol. The van der Waals surface area contributed by atoms with Crippen LogP contribution >= 0.6 is 15.9 Å². The van der Waals surface area contributed by atoms with Gasteiger partial charge in [-0.1, -0.05) is 22.9 Å². The van der Waals surface area contributed by atoms with Crippen molar-refractivity contribution in [1.82, 2.24) is 19.6 Å². The summed E-state index contributed by atoms with van der Waals surface area (Å²) in [6.45, 7) is 11.3. The van der Waals surface area contributed by atoms with E-state index in [2.05, 4.69) is 56.5 Å². The zero-order valence-corrected chi connectivity index (χ0v) is 14.3. The molecule has 0 saturated carbocycles. The molecule has 20 heavy (non-hydrogen) atoms. The van der Waals surface area contributed by atoms with E-state index in [-0.39, 0.29) is 0 Å². The Kier molecular flexibility index (Phi) is 6.52. The molecule has 1 aliphatic heterocycles. The summed E-state index contributed by atoms with van der Waals surface area (Å²) >= 11 is 3.53. The van der Waals surface area contributed by atoms with Crippen molar-refractivity contribution in [3.8, 4) is 0 Å². The fourth-order valence-corrected chi connectivity index (χ4v) is 3.15. The zero-order valence-electron chi connectivity index (χ0n) is 12.8. The topological polar surface area (TPSA) is 24.3 Å². The molecule has 1 aromatic heterocycles. The van der Waals surface area contributed by atoms with Gasteiger partial charge < -0.3 is 4.90 Å². The smallest absolute Gasteiger partial charge is 0.0764 e. The first-order valence-electron chi connectivity index (χ1n) is 7.77. The van der Waals surface area contributed by atoms with E-state index in [9.17, 15) is 0 Å². The highest BCUT2D eigenvalue weighted by Crippen LogP contribution is 2.12. The van der Waals surface area contributed by atoms with Gasteiger partial charge in [0.15, 0.2) is 0 Å². The molecule has 0 N–H and O–H groups in total. The Bertz CT molecular complexity index is 393. The van der Waals surface area contributed by atoms with E-state index in [0.29, 0.717) is 6.04 Å². The maximum atomic E-state index is 4.71. The number of hydrogen-bond donors (Lipinski definition) is 0. The lowest BCUT2D eigenvalue weighted by Crippen LogP contribution is -2.31. The summed E-state index contributed by atoms with van der Waals surface area (Å²) < 4.78 is 2.10. The number of rotatable bonds is 6. The van der Waals surface area contributed by atoms with Crippen molar-refractivity contribution in [2.24, 2.45) is 0 Å². The Morgan fingerprint density at radius 3 is 2.75 bits per heavy atom. The molecule has 1 fully saturated rings. The molecule has 0 aliphatic carbocycles. The van der Waals surface area contributed by atoms with Crippen LogP contribution in [0.5, 0.6) is 0 Å². The molecule has 0 spiro atoms. The SMILES string of the molecule is CCC(C)n1ccc(CN2CCCN(CCBr)CC2)n1. The van der Waals surface area contributed by atoms with Crippen LogP contribution in [0, 0.1) is 0 Å².